The molecule has 0 N–H and O–H groups in total. The van der Waals surface area contributed by atoms with E-state index in [1.165, 1.54) is 17.0 Å². The molecule has 0 atom stereocenters. The number of amides is 2. The Morgan fingerprint density at radius 1 is 1.00 bits per heavy atom. The summed E-state index contributed by atoms with van der Waals surface area (Å²) in [5, 5.41) is 10.7. The topological polar surface area (TPSA) is 87.0 Å². The summed E-state index contributed by atoms with van der Waals surface area (Å²) in [7, 11) is 1.65. The third kappa shape index (κ3) is 4.52. The number of hydrogen-bond acceptors (Lipinski definition) is 5. The summed E-state index contributed by atoms with van der Waals surface area (Å²) in [5.74, 6) is -0.0914. The molecule has 0 unspecified atom stereocenters. The van der Waals surface area contributed by atoms with Gasteiger partial charge in [-0.3, -0.25) is 24.6 Å². The van der Waals surface area contributed by atoms with Gasteiger partial charge >= 0.3 is 0 Å². The Labute approximate surface area is 163 Å². The molecule has 0 saturated carbocycles. The van der Waals surface area contributed by atoms with Gasteiger partial charge in [-0.2, -0.15) is 0 Å². The van der Waals surface area contributed by atoms with E-state index in [9.17, 15) is 19.7 Å². The summed E-state index contributed by atoms with van der Waals surface area (Å²) < 4.78 is 0. The minimum Gasteiger partial charge on any atom is -0.336 e. The van der Waals surface area contributed by atoms with Crippen molar-refractivity contribution in [3.05, 3.63) is 70.3 Å². The van der Waals surface area contributed by atoms with Crippen LogP contribution in [0.3, 0.4) is 0 Å². The Morgan fingerprint density at radius 3 is 2.18 bits per heavy atom. The van der Waals surface area contributed by atoms with E-state index in [1.807, 2.05) is 23.1 Å². The second kappa shape index (κ2) is 8.62. The molecule has 0 aromatic heterocycles. The maximum atomic E-state index is 12.5. The van der Waals surface area contributed by atoms with Crippen LogP contribution in [0.25, 0.3) is 0 Å². The summed E-state index contributed by atoms with van der Waals surface area (Å²) in [6.07, 6.45) is 0. The van der Waals surface area contributed by atoms with Crippen molar-refractivity contribution in [1.82, 2.24) is 9.80 Å². The van der Waals surface area contributed by atoms with Gasteiger partial charge in [0.2, 0.25) is 5.91 Å². The zero-order chi connectivity index (χ0) is 20.1. The number of nitrogens with zero attached hydrogens (tertiary/aromatic N) is 4. The normalized spacial score (nSPS) is 14.5. The van der Waals surface area contributed by atoms with Crippen molar-refractivity contribution in [2.45, 2.75) is 0 Å². The molecule has 1 saturated heterocycles. The van der Waals surface area contributed by atoms with Crippen LogP contribution in [0.15, 0.2) is 54.6 Å². The van der Waals surface area contributed by atoms with E-state index in [1.54, 1.807) is 36.2 Å². The van der Waals surface area contributed by atoms with Crippen LogP contribution < -0.4 is 4.90 Å². The number of hydrogen-bond donors (Lipinski definition) is 0. The number of carbonyl (C=O) groups is 2. The Hall–Kier alpha value is -3.26. The van der Waals surface area contributed by atoms with Crippen molar-refractivity contribution in [2.75, 3.05) is 44.7 Å². The van der Waals surface area contributed by atoms with Crippen molar-refractivity contribution >= 4 is 23.2 Å². The van der Waals surface area contributed by atoms with Gasteiger partial charge in [0.05, 0.1) is 11.5 Å². The average Bonchev–Trinajstić information content (AvgIpc) is 2.74. The Morgan fingerprint density at radius 2 is 1.61 bits per heavy atom. The first kappa shape index (κ1) is 19.5. The van der Waals surface area contributed by atoms with Gasteiger partial charge in [0.15, 0.2) is 0 Å². The van der Waals surface area contributed by atoms with Gasteiger partial charge in [-0.05, 0) is 24.3 Å². The van der Waals surface area contributed by atoms with E-state index in [2.05, 4.69) is 0 Å². The second-order valence-electron chi connectivity index (χ2n) is 6.66. The van der Waals surface area contributed by atoms with Gasteiger partial charge in [-0.1, -0.05) is 18.2 Å². The molecular formula is C20H22N4O4. The summed E-state index contributed by atoms with van der Waals surface area (Å²) in [6, 6.07) is 15.1. The summed E-state index contributed by atoms with van der Waals surface area (Å²) in [4.78, 5) is 40.6. The highest BCUT2D eigenvalue weighted by atomic mass is 16.6. The number of benzene rings is 2. The molecule has 2 aromatic carbocycles. The Balaban J connectivity index is 1.52. The highest BCUT2D eigenvalue weighted by Gasteiger charge is 2.24. The van der Waals surface area contributed by atoms with Crippen LogP contribution in [0.5, 0.6) is 0 Å². The van der Waals surface area contributed by atoms with Crippen LogP contribution in [0, 0.1) is 10.1 Å². The van der Waals surface area contributed by atoms with E-state index in [0.717, 1.165) is 0 Å². The lowest BCUT2D eigenvalue weighted by atomic mass is 10.2. The molecule has 28 heavy (non-hydrogen) atoms. The zero-order valence-corrected chi connectivity index (χ0v) is 15.7. The molecule has 8 heteroatoms. The Kier molecular flexibility index (Phi) is 6.00. The van der Waals surface area contributed by atoms with Crippen LogP contribution in [-0.2, 0) is 4.79 Å². The minimum atomic E-state index is -0.470. The minimum absolute atomic E-state index is 0.00887. The van der Waals surface area contributed by atoms with E-state index < -0.39 is 4.92 Å². The number of carbonyl (C=O) groups excluding carboxylic acids is 2. The lowest BCUT2D eigenvalue weighted by molar-refractivity contribution is -0.384. The lowest BCUT2D eigenvalue weighted by Crippen LogP contribution is -2.51. The van der Waals surface area contributed by atoms with E-state index in [0.29, 0.717) is 37.4 Å². The molecule has 1 aliphatic heterocycles. The van der Waals surface area contributed by atoms with E-state index in [4.69, 9.17) is 0 Å². The molecule has 1 heterocycles. The number of anilines is 1. The fraction of sp³-hybridized carbons (Fsp3) is 0.300. The third-order valence-corrected chi connectivity index (χ3v) is 4.86. The van der Waals surface area contributed by atoms with Crippen LogP contribution in [0.4, 0.5) is 11.4 Å². The highest BCUT2D eigenvalue weighted by molar-refractivity contribution is 5.95. The largest absolute Gasteiger partial charge is 0.336 e. The quantitative estimate of drug-likeness (QED) is 0.583. The van der Waals surface area contributed by atoms with Crippen LogP contribution in [0.2, 0.25) is 0 Å². The first-order chi connectivity index (χ1) is 13.5. The standard InChI is InChI=1S/C20H22N4O4/c1-21(17-7-9-18(10-8-17)24(27)28)19(25)15-22-11-13-23(14-12-22)20(26)16-5-3-2-4-6-16/h2-10H,11-15H2,1H3. The van der Waals surface area contributed by atoms with Gasteiger partial charge in [0.25, 0.3) is 11.6 Å². The van der Waals surface area contributed by atoms with Crippen molar-refractivity contribution in [3.63, 3.8) is 0 Å². The van der Waals surface area contributed by atoms with Gasteiger partial charge in [-0.15, -0.1) is 0 Å². The SMILES string of the molecule is CN(C(=O)CN1CCN(C(=O)c2ccccc2)CC1)c1ccc([N+](=O)[O-])cc1. The first-order valence-corrected chi connectivity index (χ1v) is 9.03. The van der Waals surface area contributed by atoms with Crippen molar-refractivity contribution in [3.8, 4) is 0 Å². The lowest BCUT2D eigenvalue weighted by Gasteiger charge is -2.35. The average molecular weight is 382 g/mol. The molecule has 1 aliphatic rings. The second-order valence-corrected chi connectivity index (χ2v) is 6.66. The number of likely N-dealkylation sites (N-methyl/N-ethyl adjacent to an activating group) is 1. The smallest absolute Gasteiger partial charge is 0.269 e. The molecule has 1 fully saturated rings. The van der Waals surface area contributed by atoms with Crippen LogP contribution in [0.1, 0.15) is 10.4 Å². The van der Waals surface area contributed by atoms with Crippen LogP contribution >= 0.6 is 0 Å². The number of nitro benzene ring substituents is 1. The molecule has 8 nitrogen and oxygen atoms in total. The predicted molar refractivity (Wildman–Crippen MR) is 105 cm³/mol. The van der Waals surface area contributed by atoms with Gasteiger partial charge < -0.3 is 9.80 Å². The fourth-order valence-corrected chi connectivity index (χ4v) is 3.11. The zero-order valence-electron chi connectivity index (χ0n) is 15.7. The number of non-ortho nitro benzene ring substituents is 1. The highest BCUT2D eigenvalue weighted by Crippen LogP contribution is 2.19. The monoisotopic (exact) mass is 382 g/mol. The van der Waals surface area contributed by atoms with E-state index >= 15 is 0 Å². The molecule has 146 valence electrons. The number of rotatable bonds is 5. The third-order valence-electron chi connectivity index (χ3n) is 4.86. The predicted octanol–water partition coefficient (Wildman–Crippen LogP) is 2.02. The maximum Gasteiger partial charge on any atom is 0.269 e. The van der Waals surface area contributed by atoms with Crippen molar-refractivity contribution < 1.29 is 14.5 Å². The fourth-order valence-electron chi connectivity index (χ4n) is 3.11. The molecular weight excluding hydrogens is 360 g/mol. The molecule has 0 spiro atoms. The van der Waals surface area contributed by atoms with Gasteiger partial charge in [0.1, 0.15) is 0 Å². The van der Waals surface area contributed by atoms with Gasteiger partial charge in [-0.25, -0.2) is 0 Å². The van der Waals surface area contributed by atoms with Crippen molar-refractivity contribution in [2.24, 2.45) is 0 Å². The van der Waals surface area contributed by atoms with Crippen molar-refractivity contribution in [1.29, 1.82) is 0 Å². The Bertz CT molecular complexity index is 846. The van der Waals surface area contributed by atoms with E-state index in [-0.39, 0.29) is 24.0 Å². The molecule has 0 radical (unpaired) electrons. The molecule has 0 bridgehead atoms. The molecule has 3 rings (SSSR count). The number of piperazine rings is 1. The maximum absolute atomic E-state index is 12.5. The first-order valence-electron chi connectivity index (χ1n) is 9.03. The van der Waals surface area contributed by atoms with Gasteiger partial charge in [0, 0.05) is 56.6 Å². The summed E-state index contributed by atoms with van der Waals surface area (Å²) in [5.41, 5.74) is 1.27. The molecule has 0 aliphatic carbocycles. The number of nitro groups is 1. The van der Waals surface area contributed by atoms with Crippen LogP contribution in [-0.4, -0.2) is 66.3 Å². The molecule has 2 amide bonds. The summed E-state index contributed by atoms with van der Waals surface area (Å²) in [6.45, 7) is 2.63. The molecule has 2 aromatic rings. The summed E-state index contributed by atoms with van der Waals surface area (Å²) >= 11 is 0.